The van der Waals surface area contributed by atoms with Crippen LogP contribution in [0, 0.1) is 0 Å². The van der Waals surface area contributed by atoms with Gasteiger partial charge >= 0.3 is 0 Å². The van der Waals surface area contributed by atoms with Crippen LogP contribution in [-0.2, 0) is 5.54 Å². The summed E-state index contributed by atoms with van der Waals surface area (Å²) in [4.78, 5) is 3.19. The smallest absolute Gasteiger partial charge is 0.0730 e. The molecule has 0 unspecified atom stereocenters. The molecule has 1 aliphatic rings. The summed E-state index contributed by atoms with van der Waals surface area (Å²) in [5, 5.41) is 4.29. The predicted molar refractivity (Wildman–Crippen MR) is 87.3 cm³/mol. The van der Waals surface area contributed by atoms with Crippen LogP contribution in [0.15, 0.2) is 84.0 Å². The molecule has 3 nitrogen and oxygen atoms in total. The van der Waals surface area contributed by atoms with Gasteiger partial charge in [-0.05, 0) is 33.3 Å². The zero-order valence-electron chi connectivity index (χ0n) is 11.8. The minimum atomic E-state index is -0.788. The summed E-state index contributed by atoms with van der Waals surface area (Å²) in [6, 6.07) is 26.3. The molecule has 3 aromatic rings. The highest BCUT2D eigenvalue weighted by Gasteiger charge is 2.43. The third-order valence-electron chi connectivity index (χ3n) is 4.31. The molecule has 0 spiro atoms. The first-order valence-corrected chi connectivity index (χ1v) is 7.19. The highest BCUT2D eigenvalue weighted by Crippen LogP contribution is 2.53. The number of azide groups is 1. The highest BCUT2D eigenvalue weighted by atomic mass is 15.2. The lowest BCUT2D eigenvalue weighted by atomic mass is 9.81. The maximum absolute atomic E-state index is 9.26. The van der Waals surface area contributed by atoms with Gasteiger partial charge in [-0.3, -0.25) is 0 Å². The van der Waals surface area contributed by atoms with E-state index in [0.717, 1.165) is 27.8 Å². The standard InChI is InChI=1S/C19H13N3/c20-22-21-19(14-8-2-1-3-9-14)17-12-6-4-10-15(17)16-11-5-7-13-18(16)19/h1-13H. The van der Waals surface area contributed by atoms with E-state index in [1.807, 2.05) is 54.6 Å². The fourth-order valence-electron chi connectivity index (χ4n) is 3.43. The van der Waals surface area contributed by atoms with Gasteiger partial charge in [0, 0.05) is 4.91 Å². The van der Waals surface area contributed by atoms with Gasteiger partial charge in [0.05, 0.1) is 0 Å². The summed E-state index contributed by atoms with van der Waals surface area (Å²) in [6.45, 7) is 0. The number of benzene rings is 3. The molecular formula is C19H13N3. The van der Waals surface area contributed by atoms with Gasteiger partial charge in [-0.15, -0.1) is 0 Å². The summed E-state index contributed by atoms with van der Waals surface area (Å²) in [5.41, 5.74) is 13.8. The van der Waals surface area contributed by atoms with Crippen LogP contribution < -0.4 is 0 Å². The normalized spacial score (nSPS) is 13.8. The highest BCUT2D eigenvalue weighted by molar-refractivity contribution is 5.83. The van der Waals surface area contributed by atoms with E-state index in [2.05, 4.69) is 34.3 Å². The second kappa shape index (κ2) is 4.76. The van der Waals surface area contributed by atoms with Crippen molar-refractivity contribution in [2.75, 3.05) is 0 Å². The first-order valence-electron chi connectivity index (χ1n) is 7.19. The van der Waals surface area contributed by atoms with Crippen molar-refractivity contribution in [2.45, 2.75) is 5.54 Å². The fraction of sp³-hybridized carbons (Fsp3) is 0.0526. The molecule has 0 bridgehead atoms. The van der Waals surface area contributed by atoms with E-state index in [1.54, 1.807) is 0 Å². The van der Waals surface area contributed by atoms with E-state index in [1.165, 1.54) is 0 Å². The maximum Gasteiger partial charge on any atom is 0.125 e. The summed E-state index contributed by atoms with van der Waals surface area (Å²) in [7, 11) is 0. The van der Waals surface area contributed by atoms with E-state index in [-0.39, 0.29) is 0 Å². The molecule has 0 aliphatic heterocycles. The van der Waals surface area contributed by atoms with Gasteiger partial charge in [0.25, 0.3) is 0 Å². The summed E-state index contributed by atoms with van der Waals surface area (Å²) in [6.07, 6.45) is 0. The van der Waals surface area contributed by atoms with Gasteiger partial charge in [-0.2, -0.15) is 0 Å². The Morgan fingerprint density at radius 3 is 1.73 bits per heavy atom. The van der Waals surface area contributed by atoms with Crippen molar-refractivity contribution < 1.29 is 0 Å². The SMILES string of the molecule is [N-]=[N+]=NC1(c2ccccc2)c2ccccc2-c2ccccc21. The minimum Gasteiger partial charge on any atom is -0.0730 e. The maximum atomic E-state index is 9.26. The first kappa shape index (κ1) is 12.7. The Balaban J connectivity index is 2.17. The molecule has 4 rings (SSSR count). The topological polar surface area (TPSA) is 48.8 Å². The molecule has 0 amide bonds. The van der Waals surface area contributed by atoms with Crippen LogP contribution in [0.4, 0.5) is 0 Å². The van der Waals surface area contributed by atoms with E-state index in [0.29, 0.717) is 0 Å². The van der Waals surface area contributed by atoms with E-state index in [9.17, 15) is 5.53 Å². The van der Waals surface area contributed by atoms with Crippen molar-refractivity contribution in [1.29, 1.82) is 0 Å². The van der Waals surface area contributed by atoms with E-state index >= 15 is 0 Å². The summed E-state index contributed by atoms with van der Waals surface area (Å²) < 4.78 is 0. The number of rotatable bonds is 2. The molecule has 0 radical (unpaired) electrons. The Bertz CT molecular complexity index is 848. The Hall–Kier alpha value is -3.03. The predicted octanol–water partition coefficient (Wildman–Crippen LogP) is 5.27. The van der Waals surface area contributed by atoms with Gasteiger partial charge in [-0.25, -0.2) is 0 Å². The Morgan fingerprint density at radius 1 is 0.682 bits per heavy atom. The summed E-state index contributed by atoms with van der Waals surface area (Å²) >= 11 is 0. The number of nitrogens with zero attached hydrogens (tertiary/aromatic N) is 3. The molecule has 0 fully saturated rings. The van der Waals surface area contributed by atoms with Crippen LogP contribution in [0.3, 0.4) is 0 Å². The zero-order valence-corrected chi connectivity index (χ0v) is 11.8. The lowest BCUT2D eigenvalue weighted by Gasteiger charge is -2.27. The molecule has 0 N–H and O–H groups in total. The molecule has 0 saturated heterocycles. The Kier molecular flexibility index (Phi) is 2.75. The van der Waals surface area contributed by atoms with Crippen LogP contribution in [0.1, 0.15) is 16.7 Å². The van der Waals surface area contributed by atoms with Crippen molar-refractivity contribution in [3.63, 3.8) is 0 Å². The Labute approximate surface area is 128 Å². The van der Waals surface area contributed by atoms with Crippen LogP contribution in [-0.4, -0.2) is 0 Å². The zero-order chi connectivity index (χ0) is 15.0. The molecule has 104 valence electrons. The van der Waals surface area contributed by atoms with Crippen molar-refractivity contribution in [3.8, 4) is 11.1 Å². The third kappa shape index (κ3) is 1.54. The van der Waals surface area contributed by atoms with Crippen molar-refractivity contribution in [3.05, 3.63) is 106 Å². The molecule has 22 heavy (non-hydrogen) atoms. The van der Waals surface area contributed by atoms with Crippen molar-refractivity contribution in [2.24, 2.45) is 5.11 Å². The number of hydrogen-bond donors (Lipinski definition) is 0. The summed E-state index contributed by atoms with van der Waals surface area (Å²) in [5.74, 6) is 0. The van der Waals surface area contributed by atoms with Gasteiger partial charge in [-0.1, -0.05) is 84.0 Å². The molecule has 0 aromatic heterocycles. The van der Waals surface area contributed by atoms with Crippen LogP contribution in [0.25, 0.3) is 21.6 Å². The fourth-order valence-corrected chi connectivity index (χ4v) is 3.43. The number of hydrogen-bond acceptors (Lipinski definition) is 1. The monoisotopic (exact) mass is 283 g/mol. The molecular weight excluding hydrogens is 270 g/mol. The largest absolute Gasteiger partial charge is 0.125 e. The molecule has 0 saturated carbocycles. The quantitative estimate of drug-likeness (QED) is 0.349. The second-order valence-corrected chi connectivity index (χ2v) is 5.36. The third-order valence-corrected chi connectivity index (χ3v) is 4.31. The van der Waals surface area contributed by atoms with Crippen LogP contribution in [0.5, 0.6) is 0 Å². The Morgan fingerprint density at radius 2 is 1.18 bits per heavy atom. The average molecular weight is 283 g/mol. The average Bonchev–Trinajstić information content (AvgIpc) is 2.88. The van der Waals surface area contributed by atoms with Crippen LogP contribution >= 0.6 is 0 Å². The van der Waals surface area contributed by atoms with Gasteiger partial charge in [0.2, 0.25) is 0 Å². The molecule has 3 heteroatoms. The van der Waals surface area contributed by atoms with Crippen molar-refractivity contribution in [1.82, 2.24) is 0 Å². The molecule has 0 atom stereocenters. The second-order valence-electron chi connectivity index (χ2n) is 5.36. The lowest BCUT2D eigenvalue weighted by Crippen LogP contribution is -2.23. The lowest BCUT2D eigenvalue weighted by molar-refractivity contribution is 0.666. The number of fused-ring (bicyclic) bond motifs is 3. The van der Waals surface area contributed by atoms with Crippen molar-refractivity contribution >= 4 is 0 Å². The minimum absolute atomic E-state index is 0.788. The molecule has 1 aliphatic carbocycles. The van der Waals surface area contributed by atoms with E-state index in [4.69, 9.17) is 0 Å². The molecule has 3 aromatic carbocycles. The van der Waals surface area contributed by atoms with Gasteiger partial charge in [0.15, 0.2) is 0 Å². The van der Waals surface area contributed by atoms with E-state index < -0.39 is 5.54 Å². The van der Waals surface area contributed by atoms with Gasteiger partial charge in [0.1, 0.15) is 5.54 Å². The van der Waals surface area contributed by atoms with Crippen LogP contribution in [0.2, 0.25) is 0 Å². The van der Waals surface area contributed by atoms with Gasteiger partial charge < -0.3 is 0 Å². The molecule has 0 heterocycles. The first-order chi connectivity index (χ1) is 10.9.